The minimum atomic E-state index is -0.330. The third kappa shape index (κ3) is 5.17. The van der Waals surface area contributed by atoms with Gasteiger partial charge in [0.05, 0.1) is 22.8 Å². The number of halogens is 1. The van der Waals surface area contributed by atoms with Crippen LogP contribution in [0, 0.1) is 6.92 Å². The Morgan fingerprint density at radius 3 is 2.89 bits per heavy atom. The van der Waals surface area contributed by atoms with E-state index in [4.69, 9.17) is 11.6 Å². The van der Waals surface area contributed by atoms with Gasteiger partial charge in [-0.1, -0.05) is 23.7 Å². The van der Waals surface area contributed by atoms with Crippen LogP contribution in [0.2, 0.25) is 5.02 Å². The van der Waals surface area contributed by atoms with Gasteiger partial charge in [0.25, 0.3) is 5.91 Å². The first-order valence-electron chi connectivity index (χ1n) is 11.6. The zero-order chi connectivity index (χ0) is 24.4. The molecule has 0 bridgehead atoms. The molecule has 178 valence electrons. The Labute approximate surface area is 207 Å². The van der Waals surface area contributed by atoms with E-state index in [1.165, 1.54) is 0 Å². The molecule has 0 saturated carbocycles. The molecule has 0 spiro atoms. The van der Waals surface area contributed by atoms with E-state index in [1.807, 2.05) is 36.1 Å². The number of pyridine rings is 2. The van der Waals surface area contributed by atoms with E-state index < -0.39 is 0 Å². The zero-order valence-electron chi connectivity index (χ0n) is 19.3. The molecule has 1 atom stereocenters. The number of benzene rings is 1. The van der Waals surface area contributed by atoms with Crippen LogP contribution in [0.3, 0.4) is 0 Å². The van der Waals surface area contributed by atoms with Crippen LogP contribution in [0.15, 0.2) is 54.7 Å². The molecule has 0 aliphatic carbocycles. The van der Waals surface area contributed by atoms with Gasteiger partial charge >= 0.3 is 0 Å². The lowest BCUT2D eigenvalue weighted by molar-refractivity contribution is -0.132. The van der Waals surface area contributed by atoms with Crippen LogP contribution in [0.25, 0.3) is 11.0 Å². The fourth-order valence-electron chi connectivity index (χ4n) is 4.38. The average molecular weight is 489 g/mol. The van der Waals surface area contributed by atoms with Crippen molar-refractivity contribution in [3.63, 3.8) is 0 Å². The number of H-pyrrole nitrogens is 1. The van der Waals surface area contributed by atoms with Crippen molar-refractivity contribution in [1.82, 2.24) is 24.8 Å². The van der Waals surface area contributed by atoms with Gasteiger partial charge in [0.2, 0.25) is 5.91 Å². The monoisotopic (exact) mass is 488 g/mol. The van der Waals surface area contributed by atoms with E-state index in [2.05, 4.69) is 25.3 Å². The molecule has 0 unspecified atom stereocenters. The van der Waals surface area contributed by atoms with Crippen molar-refractivity contribution in [1.29, 1.82) is 0 Å². The van der Waals surface area contributed by atoms with Crippen molar-refractivity contribution >= 4 is 40.3 Å². The summed E-state index contributed by atoms with van der Waals surface area (Å²) < 4.78 is 0. The number of carbonyl (C=O) groups is 2. The molecule has 3 aromatic heterocycles. The number of aryl methyl sites for hydroxylation is 2. The smallest absolute Gasteiger partial charge is 0.275 e. The number of nitrogens with one attached hydrogen (secondary N) is 2. The minimum absolute atomic E-state index is 0.0477. The van der Waals surface area contributed by atoms with E-state index in [1.54, 1.807) is 30.5 Å². The maximum absolute atomic E-state index is 13.1. The highest BCUT2D eigenvalue weighted by Crippen LogP contribution is 2.31. The van der Waals surface area contributed by atoms with E-state index >= 15 is 0 Å². The van der Waals surface area contributed by atoms with Gasteiger partial charge in [-0.25, -0.2) is 15.0 Å². The molecule has 5 rings (SSSR count). The minimum Gasteiger partial charge on any atom is -0.342 e. The standard InChI is InChI=1S/C26H25ClN6O2/c1-16-7-10-23(28-15-16)32-26(35)20-5-2-4-19(29-20)22-6-3-13-33(22)25(34)12-11-24-30-18-9-8-17(27)14-21(18)31-24/h2,4-5,7-10,14-15,22H,3,6,11-13H2,1H3,(H,30,31)(H,28,32,35)/t22-/m1/s1. The lowest BCUT2D eigenvalue weighted by Crippen LogP contribution is -2.31. The molecular weight excluding hydrogens is 464 g/mol. The molecule has 1 aliphatic rings. The van der Waals surface area contributed by atoms with Gasteiger partial charge in [-0.15, -0.1) is 0 Å². The quantitative estimate of drug-likeness (QED) is 0.403. The fourth-order valence-corrected chi connectivity index (χ4v) is 4.55. The number of anilines is 1. The van der Waals surface area contributed by atoms with Crippen LogP contribution in [-0.2, 0) is 11.2 Å². The molecule has 2 amide bonds. The molecule has 0 radical (unpaired) electrons. The molecule has 1 saturated heterocycles. The predicted molar refractivity (Wildman–Crippen MR) is 134 cm³/mol. The van der Waals surface area contributed by atoms with Gasteiger partial charge in [0.15, 0.2) is 0 Å². The third-order valence-corrected chi connectivity index (χ3v) is 6.37. The molecule has 35 heavy (non-hydrogen) atoms. The van der Waals surface area contributed by atoms with Gasteiger partial charge in [-0.2, -0.15) is 0 Å². The van der Waals surface area contributed by atoms with Crippen LogP contribution >= 0.6 is 11.6 Å². The second-order valence-electron chi connectivity index (χ2n) is 8.71. The first-order chi connectivity index (χ1) is 17.0. The Kier molecular flexibility index (Phi) is 6.46. The summed E-state index contributed by atoms with van der Waals surface area (Å²) in [5, 5.41) is 3.42. The number of fused-ring (bicyclic) bond motifs is 1. The molecule has 8 nitrogen and oxygen atoms in total. The molecular formula is C26H25ClN6O2. The zero-order valence-corrected chi connectivity index (χ0v) is 20.0. The highest BCUT2D eigenvalue weighted by molar-refractivity contribution is 6.31. The summed E-state index contributed by atoms with van der Waals surface area (Å²) >= 11 is 6.05. The Hall–Kier alpha value is -3.78. The van der Waals surface area contributed by atoms with Gasteiger partial charge < -0.3 is 15.2 Å². The van der Waals surface area contributed by atoms with Crippen molar-refractivity contribution in [2.24, 2.45) is 0 Å². The summed E-state index contributed by atoms with van der Waals surface area (Å²) in [6.45, 7) is 2.61. The van der Waals surface area contributed by atoms with E-state index in [0.717, 1.165) is 41.0 Å². The Morgan fingerprint density at radius 2 is 2.06 bits per heavy atom. The number of aromatic nitrogens is 4. The summed E-state index contributed by atoms with van der Waals surface area (Å²) in [6, 6.07) is 14.3. The second-order valence-corrected chi connectivity index (χ2v) is 9.15. The molecule has 1 aliphatic heterocycles. The summed E-state index contributed by atoms with van der Waals surface area (Å²) in [4.78, 5) is 44.3. The third-order valence-electron chi connectivity index (χ3n) is 6.14. The van der Waals surface area contributed by atoms with Crippen LogP contribution < -0.4 is 5.32 Å². The largest absolute Gasteiger partial charge is 0.342 e. The molecule has 9 heteroatoms. The number of carbonyl (C=O) groups excluding carboxylic acids is 2. The number of imidazole rings is 1. The van der Waals surface area contributed by atoms with Crippen LogP contribution in [0.5, 0.6) is 0 Å². The number of amides is 2. The first kappa shape index (κ1) is 23.0. The van der Waals surface area contributed by atoms with Crippen LogP contribution in [0.1, 0.15) is 52.9 Å². The van der Waals surface area contributed by atoms with Crippen molar-refractivity contribution in [3.05, 3.63) is 82.5 Å². The lowest BCUT2D eigenvalue weighted by atomic mass is 10.1. The van der Waals surface area contributed by atoms with E-state index in [9.17, 15) is 9.59 Å². The Morgan fingerprint density at radius 1 is 1.17 bits per heavy atom. The lowest BCUT2D eigenvalue weighted by Gasteiger charge is -2.24. The molecule has 1 fully saturated rings. The van der Waals surface area contributed by atoms with Gasteiger partial charge in [-0.3, -0.25) is 9.59 Å². The van der Waals surface area contributed by atoms with Gasteiger partial charge in [-0.05, 0) is 61.7 Å². The van der Waals surface area contributed by atoms with Gasteiger partial charge in [0, 0.05) is 30.6 Å². The van der Waals surface area contributed by atoms with E-state index in [-0.39, 0.29) is 17.9 Å². The molecule has 1 aromatic carbocycles. The number of hydrogen-bond acceptors (Lipinski definition) is 5. The summed E-state index contributed by atoms with van der Waals surface area (Å²) in [5.41, 5.74) is 3.72. The van der Waals surface area contributed by atoms with Crippen molar-refractivity contribution in [3.8, 4) is 0 Å². The Bertz CT molecular complexity index is 1380. The van der Waals surface area contributed by atoms with Crippen molar-refractivity contribution in [2.75, 3.05) is 11.9 Å². The second kappa shape index (κ2) is 9.84. The summed E-state index contributed by atoms with van der Waals surface area (Å²) in [5.74, 6) is 0.946. The normalized spacial score (nSPS) is 15.5. The number of hydrogen-bond donors (Lipinski definition) is 2. The number of likely N-dealkylation sites (tertiary alicyclic amines) is 1. The SMILES string of the molecule is Cc1ccc(NC(=O)c2cccc([C@H]3CCCN3C(=O)CCc3nc4ccc(Cl)cc4[nH]3)n2)nc1. The number of aromatic amines is 1. The topological polar surface area (TPSA) is 104 Å². The number of nitrogens with zero attached hydrogens (tertiary/aromatic N) is 4. The number of rotatable bonds is 6. The van der Waals surface area contributed by atoms with Crippen molar-refractivity contribution in [2.45, 2.75) is 38.6 Å². The maximum Gasteiger partial charge on any atom is 0.275 e. The first-order valence-corrected chi connectivity index (χ1v) is 12.0. The highest BCUT2D eigenvalue weighted by atomic mass is 35.5. The van der Waals surface area contributed by atoms with Crippen LogP contribution in [0.4, 0.5) is 5.82 Å². The summed E-state index contributed by atoms with van der Waals surface area (Å²) in [7, 11) is 0. The summed E-state index contributed by atoms with van der Waals surface area (Å²) in [6.07, 6.45) is 4.25. The van der Waals surface area contributed by atoms with Crippen LogP contribution in [-0.4, -0.2) is 43.2 Å². The average Bonchev–Trinajstić information content (AvgIpc) is 3.51. The fraction of sp³-hybridized carbons (Fsp3) is 0.269. The van der Waals surface area contributed by atoms with Gasteiger partial charge in [0.1, 0.15) is 17.3 Å². The maximum atomic E-state index is 13.1. The highest BCUT2D eigenvalue weighted by Gasteiger charge is 2.31. The van der Waals surface area contributed by atoms with E-state index in [0.29, 0.717) is 35.9 Å². The molecule has 4 aromatic rings. The van der Waals surface area contributed by atoms with Crippen molar-refractivity contribution < 1.29 is 9.59 Å². The Balaban J connectivity index is 1.25. The predicted octanol–water partition coefficient (Wildman–Crippen LogP) is 4.86. The molecule has 4 heterocycles. The molecule has 2 N–H and O–H groups in total.